The van der Waals surface area contributed by atoms with E-state index in [4.69, 9.17) is 5.11 Å². The number of nitrogens with one attached hydrogen (secondary N) is 1. The molecule has 1 aromatic heterocycles. The molecule has 1 amide bonds. The molecule has 6 heteroatoms. The molecular weight excluding hydrogens is 324 g/mol. The molecule has 1 rings (SSSR count). The third-order valence-electron chi connectivity index (χ3n) is 3.02. The van der Waals surface area contributed by atoms with Crippen LogP contribution < -0.4 is 5.32 Å². The zero-order valence-electron chi connectivity index (χ0n) is 12.0. The summed E-state index contributed by atoms with van der Waals surface area (Å²) in [5.41, 5.74) is 0.551. The molecule has 0 aromatic carbocycles. The Balaban J connectivity index is 2.60. The van der Waals surface area contributed by atoms with E-state index < -0.39 is 5.97 Å². The molecule has 0 aliphatic rings. The predicted molar refractivity (Wildman–Crippen MR) is 80.6 cm³/mol. The number of aliphatic carboxylic acids is 1. The van der Waals surface area contributed by atoms with Crippen molar-refractivity contribution in [1.29, 1.82) is 0 Å². The lowest BCUT2D eigenvalue weighted by molar-refractivity contribution is -0.138. The van der Waals surface area contributed by atoms with Gasteiger partial charge in [0.05, 0.1) is 0 Å². The van der Waals surface area contributed by atoms with Crippen LogP contribution in [0.15, 0.2) is 16.7 Å². The lowest BCUT2D eigenvalue weighted by Gasteiger charge is -2.17. The molecule has 5 nitrogen and oxygen atoms in total. The Kier molecular flexibility index (Phi) is 6.26. The summed E-state index contributed by atoms with van der Waals surface area (Å²) in [5, 5.41) is 11.7. The Morgan fingerprint density at radius 2 is 2.10 bits per heavy atom. The number of hydrogen-bond acceptors (Lipinski definition) is 2. The highest BCUT2D eigenvalue weighted by Crippen LogP contribution is 2.16. The predicted octanol–water partition coefficient (Wildman–Crippen LogP) is 2.65. The summed E-state index contributed by atoms with van der Waals surface area (Å²) in [6.07, 6.45) is 2.66. The van der Waals surface area contributed by atoms with Gasteiger partial charge in [0.15, 0.2) is 0 Å². The summed E-state index contributed by atoms with van der Waals surface area (Å²) >= 11 is 3.32. The quantitative estimate of drug-likeness (QED) is 0.798. The van der Waals surface area contributed by atoms with E-state index in [0.29, 0.717) is 18.2 Å². The fourth-order valence-corrected chi connectivity index (χ4v) is 2.75. The van der Waals surface area contributed by atoms with Crippen LogP contribution in [0.5, 0.6) is 0 Å². The summed E-state index contributed by atoms with van der Waals surface area (Å²) in [6.45, 7) is 4.47. The summed E-state index contributed by atoms with van der Waals surface area (Å²) in [5.74, 6) is -0.649. The van der Waals surface area contributed by atoms with E-state index in [1.807, 2.05) is 13.8 Å². The largest absolute Gasteiger partial charge is 0.481 e. The van der Waals surface area contributed by atoms with Crippen LogP contribution in [0, 0.1) is 11.8 Å². The van der Waals surface area contributed by atoms with Crippen molar-refractivity contribution in [3.8, 4) is 0 Å². The zero-order chi connectivity index (χ0) is 15.3. The molecule has 0 unspecified atom stereocenters. The second kappa shape index (κ2) is 7.47. The van der Waals surface area contributed by atoms with Gasteiger partial charge in [0.25, 0.3) is 5.91 Å². The van der Waals surface area contributed by atoms with Gasteiger partial charge < -0.3 is 15.0 Å². The van der Waals surface area contributed by atoms with Gasteiger partial charge in [-0.15, -0.1) is 0 Å². The number of carboxylic acids is 1. The Labute approximate surface area is 127 Å². The summed E-state index contributed by atoms with van der Waals surface area (Å²) < 4.78 is 2.57. The molecule has 0 saturated carbocycles. The molecule has 0 bridgehead atoms. The topological polar surface area (TPSA) is 71.3 Å². The standard InChI is InChI=1S/C14H21BrN2O3/c1-9(2)4-10(5-13(18)19)7-16-14(20)12-6-11(15)8-17(12)3/h6,8-10H,4-5,7H2,1-3H3,(H,16,20)(H,18,19)/t10-/m0/s1. The van der Waals surface area contributed by atoms with Gasteiger partial charge in [-0.05, 0) is 40.3 Å². The monoisotopic (exact) mass is 344 g/mol. The Morgan fingerprint density at radius 1 is 1.45 bits per heavy atom. The van der Waals surface area contributed by atoms with Gasteiger partial charge in [0.2, 0.25) is 0 Å². The Morgan fingerprint density at radius 3 is 2.55 bits per heavy atom. The van der Waals surface area contributed by atoms with E-state index in [2.05, 4.69) is 21.2 Å². The number of aromatic nitrogens is 1. The number of aryl methyl sites for hydroxylation is 1. The van der Waals surface area contributed by atoms with E-state index in [1.54, 1.807) is 23.9 Å². The van der Waals surface area contributed by atoms with Crippen LogP contribution in [0.3, 0.4) is 0 Å². The van der Waals surface area contributed by atoms with Crippen LogP contribution >= 0.6 is 15.9 Å². The molecule has 0 radical (unpaired) electrons. The van der Waals surface area contributed by atoms with Crippen molar-refractivity contribution in [3.63, 3.8) is 0 Å². The first kappa shape index (κ1) is 16.8. The average Bonchev–Trinajstić information content (AvgIpc) is 2.63. The van der Waals surface area contributed by atoms with Crippen molar-refractivity contribution in [3.05, 3.63) is 22.4 Å². The van der Waals surface area contributed by atoms with Crippen molar-refractivity contribution in [2.45, 2.75) is 26.7 Å². The van der Waals surface area contributed by atoms with Gasteiger partial charge in [0.1, 0.15) is 5.69 Å². The summed E-state index contributed by atoms with van der Waals surface area (Å²) in [4.78, 5) is 22.9. The number of amides is 1. The Hall–Kier alpha value is -1.30. The molecule has 1 aromatic rings. The minimum absolute atomic E-state index is 0.0415. The van der Waals surface area contributed by atoms with Crippen LogP contribution in [-0.2, 0) is 11.8 Å². The minimum Gasteiger partial charge on any atom is -0.481 e. The third kappa shape index (κ3) is 5.36. The smallest absolute Gasteiger partial charge is 0.303 e. The van der Waals surface area contributed by atoms with E-state index >= 15 is 0 Å². The number of carboxylic acid groups (broad SMARTS) is 1. The van der Waals surface area contributed by atoms with Crippen molar-refractivity contribution < 1.29 is 14.7 Å². The lowest BCUT2D eigenvalue weighted by Crippen LogP contribution is -2.32. The first-order chi connectivity index (χ1) is 9.29. The molecule has 0 saturated heterocycles. The molecule has 0 fully saturated rings. The number of carbonyl (C=O) groups is 2. The number of carbonyl (C=O) groups excluding carboxylic acids is 1. The van der Waals surface area contributed by atoms with Gasteiger partial charge in [-0.25, -0.2) is 0 Å². The summed E-state index contributed by atoms with van der Waals surface area (Å²) in [7, 11) is 1.79. The molecule has 1 heterocycles. The van der Waals surface area contributed by atoms with E-state index in [-0.39, 0.29) is 18.2 Å². The van der Waals surface area contributed by atoms with Crippen LogP contribution in [0.1, 0.15) is 37.2 Å². The second-order valence-corrected chi connectivity index (χ2v) is 6.37. The van der Waals surface area contributed by atoms with E-state index in [0.717, 1.165) is 10.9 Å². The molecule has 0 spiro atoms. The number of nitrogens with zero attached hydrogens (tertiary/aromatic N) is 1. The normalized spacial score (nSPS) is 12.4. The van der Waals surface area contributed by atoms with Crippen LogP contribution in [0.25, 0.3) is 0 Å². The minimum atomic E-state index is -0.827. The SMILES string of the molecule is CC(C)C[C@H](CNC(=O)c1cc(Br)cn1C)CC(=O)O. The highest BCUT2D eigenvalue weighted by molar-refractivity contribution is 9.10. The fraction of sp³-hybridized carbons (Fsp3) is 0.571. The maximum atomic E-state index is 12.1. The maximum absolute atomic E-state index is 12.1. The molecular formula is C14H21BrN2O3. The number of hydrogen-bond donors (Lipinski definition) is 2. The van der Waals surface area contributed by atoms with Crippen molar-refractivity contribution in [1.82, 2.24) is 9.88 Å². The van der Waals surface area contributed by atoms with Gasteiger partial charge in [-0.2, -0.15) is 0 Å². The molecule has 0 aliphatic carbocycles. The van der Waals surface area contributed by atoms with E-state index in [9.17, 15) is 9.59 Å². The molecule has 20 heavy (non-hydrogen) atoms. The van der Waals surface area contributed by atoms with Crippen LogP contribution in [-0.4, -0.2) is 28.1 Å². The van der Waals surface area contributed by atoms with Gasteiger partial charge >= 0.3 is 5.97 Å². The van der Waals surface area contributed by atoms with Crippen molar-refractivity contribution in [2.75, 3.05) is 6.54 Å². The van der Waals surface area contributed by atoms with E-state index in [1.165, 1.54) is 0 Å². The zero-order valence-corrected chi connectivity index (χ0v) is 13.6. The molecule has 0 aliphatic heterocycles. The van der Waals surface area contributed by atoms with Crippen molar-refractivity contribution >= 4 is 27.8 Å². The van der Waals surface area contributed by atoms with Gasteiger partial charge in [0, 0.05) is 30.7 Å². The first-order valence-corrected chi connectivity index (χ1v) is 7.40. The summed E-state index contributed by atoms with van der Waals surface area (Å²) in [6, 6.07) is 1.74. The first-order valence-electron chi connectivity index (χ1n) is 6.61. The second-order valence-electron chi connectivity index (χ2n) is 5.46. The van der Waals surface area contributed by atoms with Crippen LogP contribution in [0.2, 0.25) is 0 Å². The fourth-order valence-electron chi connectivity index (χ4n) is 2.23. The average molecular weight is 345 g/mol. The highest BCUT2D eigenvalue weighted by Gasteiger charge is 2.17. The highest BCUT2D eigenvalue weighted by atomic mass is 79.9. The third-order valence-corrected chi connectivity index (χ3v) is 3.46. The number of halogens is 1. The lowest BCUT2D eigenvalue weighted by atomic mass is 9.94. The number of rotatable bonds is 7. The molecule has 1 atom stereocenters. The van der Waals surface area contributed by atoms with Crippen molar-refractivity contribution in [2.24, 2.45) is 18.9 Å². The van der Waals surface area contributed by atoms with Gasteiger partial charge in [-0.1, -0.05) is 13.8 Å². The van der Waals surface area contributed by atoms with Gasteiger partial charge in [-0.3, -0.25) is 9.59 Å². The molecule has 2 N–H and O–H groups in total. The molecule has 112 valence electrons. The Bertz CT molecular complexity index is 483. The maximum Gasteiger partial charge on any atom is 0.303 e. The van der Waals surface area contributed by atoms with Crippen LogP contribution in [0.4, 0.5) is 0 Å².